The number of hydrogen-bond acceptors (Lipinski definition) is 5. The lowest BCUT2D eigenvalue weighted by Gasteiger charge is -2.30. The van der Waals surface area contributed by atoms with Crippen LogP contribution in [0.2, 0.25) is 0 Å². The van der Waals surface area contributed by atoms with Crippen molar-refractivity contribution in [3.8, 4) is 11.5 Å². The quantitative estimate of drug-likeness (QED) is 0.788. The Labute approximate surface area is 152 Å². The molecular formula is C19H25N3O4. The Morgan fingerprint density at radius 2 is 1.96 bits per heavy atom. The molecule has 0 bridgehead atoms. The van der Waals surface area contributed by atoms with Gasteiger partial charge < -0.3 is 25.4 Å². The summed E-state index contributed by atoms with van der Waals surface area (Å²) in [5, 5.41) is 3.08. The highest BCUT2D eigenvalue weighted by molar-refractivity contribution is 6.09. The van der Waals surface area contributed by atoms with Crippen LogP contribution in [0.4, 0.5) is 5.69 Å². The van der Waals surface area contributed by atoms with Gasteiger partial charge in [0.1, 0.15) is 19.1 Å². The number of rotatable bonds is 4. The number of anilines is 1. The van der Waals surface area contributed by atoms with E-state index in [2.05, 4.69) is 5.32 Å². The second kappa shape index (κ2) is 6.79. The first-order valence-electron chi connectivity index (χ1n) is 9.35. The van der Waals surface area contributed by atoms with Crippen molar-refractivity contribution in [2.45, 2.75) is 37.6 Å². The number of amides is 2. The van der Waals surface area contributed by atoms with Gasteiger partial charge in [0.25, 0.3) is 0 Å². The Hall–Kier alpha value is -2.28. The van der Waals surface area contributed by atoms with E-state index < -0.39 is 5.92 Å². The zero-order valence-corrected chi connectivity index (χ0v) is 14.8. The van der Waals surface area contributed by atoms with Crippen molar-refractivity contribution in [1.82, 2.24) is 5.32 Å². The van der Waals surface area contributed by atoms with Gasteiger partial charge in [-0.05, 0) is 31.4 Å². The molecule has 1 aromatic rings. The monoisotopic (exact) mass is 359 g/mol. The van der Waals surface area contributed by atoms with Gasteiger partial charge in [0.05, 0.1) is 5.54 Å². The molecule has 2 heterocycles. The number of hydrogen-bond donors (Lipinski definition) is 2. The van der Waals surface area contributed by atoms with Crippen molar-refractivity contribution in [1.29, 1.82) is 0 Å². The average molecular weight is 359 g/mol. The lowest BCUT2D eigenvalue weighted by molar-refractivity contribution is -0.133. The normalized spacial score (nSPS) is 24.0. The molecule has 2 fully saturated rings. The first kappa shape index (κ1) is 17.1. The molecule has 1 saturated carbocycles. The molecule has 2 amide bonds. The highest BCUT2D eigenvalue weighted by atomic mass is 16.6. The standard InChI is InChI=1S/C19H25N3O4/c20-12-19(6-1-2-7-19)21-17(23)14-5-8-22(18(14)24)13-3-4-15-16(11-13)26-10-9-25-15/h3-4,11,14H,1-2,5-10,12,20H2,(H,21,23). The van der Waals surface area contributed by atoms with Crippen LogP contribution in [0.1, 0.15) is 32.1 Å². The molecule has 1 aromatic carbocycles. The van der Waals surface area contributed by atoms with Crippen LogP contribution in [0.3, 0.4) is 0 Å². The fraction of sp³-hybridized carbons (Fsp3) is 0.579. The minimum absolute atomic E-state index is 0.163. The van der Waals surface area contributed by atoms with Gasteiger partial charge in [0.2, 0.25) is 11.8 Å². The summed E-state index contributed by atoms with van der Waals surface area (Å²) in [6.45, 7) is 1.97. The van der Waals surface area contributed by atoms with Crippen LogP contribution in [0.25, 0.3) is 0 Å². The third-order valence-corrected chi connectivity index (χ3v) is 5.70. The molecule has 7 heteroatoms. The van der Waals surface area contributed by atoms with Crippen LogP contribution in [0, 0.1) is 5.92 Å². The number of carbonyl (C=O) groups is 2. The minimum Gasteiger partial charge on any atom is -0.486 e. The first-order chi connectivity index (χ1) is 12.6. The molecule has 7 nitrogen and oxygen atoms in total. The van der Waals surface area contributed by atoms with Crippen molar-refractivity contribution in [2.24, 2.45) is 11.7 Å². The molecule has 0 spiro atoms. The Balaban J connectivity index is 1.47. The first-order valence-corrected chi connectivity index (χ1v) is 9.35. The molecule has 1 unspecified atom stereocenters. The maximum absolute atomic E-state index is 12.8. The van der Waals surface area contributed by atoms with Crippen LogP contribution < -0.4 is 25.4 Å². The fourth-order valence-corrected chi connectivity index (χ4v) is 4.16. The summed E-state index contributed by atoms with van der Waals surface area (Å²) < 4.78 is 11.1. The summed E-state index contributed by atoms with van der Waals surface area (Å²) in [7, 11) is 0. The molecule has 3 aliphatic rings. The summed E-state index contributed by atoms with van der Waals surface area (Å²) in [4.78, 5) is 27.2. The second-order valence-electron chi connectivity index (χ2n) is 7.34. The summed E-state index contributed by atoms with van der Waals surface area (Å²) in [6, 6.07) is 5.46. The summed E-state index contributed by atoms with van der Waals surface area (Å²) in [5.74, 6) is 0.327. The van der Waals surface area contributed by atoms with Crippen molar-refractivity contribution in [3.63, 3.8) is 0 Å². The van der Waals surface area contributed by atoms with Crippen LogP contribution in [-0.4, -0.2) is 43.7 Å². The third kappa shape index (κ3) is 3.00. The summed E-state index contributed by atoms with van der Waals surface area (Å²) in [6.07, 6.45) is 4.43. The van der Waals surface area contributed by atoms with Gasteiger partial charge in [-0.2, -0.15) is 0 Å². The third-order valence-electron chi connectivity index (χ3n) is 5.70. The minimum atomic E-state index is -0.646. The highest BCUT2D eigenvalue weighted by Gasteiger charge is 2.42. The van der Waals surface area contributed by atoms with Crippen LogP contribution >= 0.6 is 0 Å². The molecule has 1 atom stereocenters. The summed E-state index contributed by atoms with van der Waals surface area (Å²) >= 11 is 0. The van der Waals surface area contributed by atoms with Gasteiger partial charge in [0.15, 0.2) is 11.5 Å². The Kier molecular flexibility index (Phi) is 4.48. The van der Waals surface area contributed by atoms with E-state index in [9.17, 15) is 9.59 Å². The van der Waals surface area contributed by atoms with Gasteiger partial charge in [-0.15, -0.1) is 0 Å². The topological polar surface area (TPSA) is 93.9 Å². The number of nitrogens with one attached hydrogen (secondary N) is 1. The van der Waals surface area contributed by atoms with Crippen molar-refractivity contribution in [3.05, 3.63) is 18.2 Å². The smallest absolute Gasteiger partial charge is 0.239 e. The highest BCUT2D eigenvalue weighted by Crippen LogP contribution is 2.36. The number of fused-ring (bicyclic) bond motifs is 1. The SMILES string of the molecule is NCC1(NC(=O)C2CCN(c3ccc4c(c3)OCCO4)C2=O)CCCC1. The van der Waals surface area contributed by atoms with Crippen molar-refractivity contribution >= 4 is 17.5 Å². The molecule has 4 rings (SSSR count). The molecule has 0 radical (unpaired) electrons. The van der Waals surface area contributed by atoms with Crippen LogP contribution in [0.15, 0.2) is 18.2 Å². The van der Waals surface area contributed by atoms with Gasteiger partial charge in [-0.3, -0.25) is 9.59 Å². The van der Waals surface area contributed by atoms with Gasteiger partial charge in [-0.1, -0.05) is 12.8 Å². The largest absolute Gasteiger partial charge is 0.486 e. The van der Waals surface area contributed by atoms with E-state index in [4.69, 9.17) is 15.2 Å². The molecule has 1 aliphatic carbocycles. The number of nitrogens with zero attached hydrogens (tertiary/aromatic N) is 1. The molecular weight excluding hydrogens is 334 g/mol. The molecule has 2 aliphatic heterocycles. The predicted octanol–water partition coefficient (Wildman–Crippen LogP) is 1.20. The van der Waals surface area contributed by atoms with E-state index in [0.717, 1.165) is 31.4 Å². The zero-order chi connectivity index (χ0) is 18.1. The van der Waals surface area contributed by atoms with E-state index in [1.54, 1.807) is 4.90 Å². The average Bonchev–Trinajstić information content (AvgIpc) is 3.28. The van der Waals surface area contributed by atoms with Crippen LogP contribution in [-0.2, 0) is 9.59 Å². The van der Waals surface area contributed by atoms with E-state index in [0.29, 0.717) is 44.2 Å². The van der Waals surface area contributed by atoms with E-state index in [-0.39, 0.29) is 17.4 Å². The van der Waals surface area contributed by atoms with Crippen LogP contribution in [0.5, 0.6) is 11.5 Å². The lowest BCUT2D eigenvalue weighted by atomic mass is 9.96. The molecule has 1 saturated heterocycles. The van der Waals surface area contributed by atoms with Gasteiger partial charge in [0, 0.05) is 24.8 Å². The predicted molar refractivity (Wildman–Crippen MR) is 96.3 cm³/mol. The molecule has 0 aromatic heterocycles. The van der Waals surface area contributed by atoms with Gasteiger partial charge in [-0.25, -0.2) is 0 Å². The van der Waals surface area contributed by atoms with E-state index in [1.807, 2.05) is 18.2 Å². The maximum atomic E-state index is 12.8. The number of benzene rings is 1. The maximum Gasteiger partial charge on any atom is 0.239 e. The molecule has 3 N–H and O–H groups in total. The van der Waals surface area contributed by atoms with Gasteiger partial charge >= 0.3 is 0 Å². The lowest BCUT2D eigenvalue weighted by Crippen LogP contribution is -2.54. The number of ether oxygens (including phenoxy) is 2. The number of carbonyl (C=O) groups excluding carboxylic acids is 2. The van der Waals surface area contributed by atoms with E-state index >= 15 is 0 Å². The fourth-order valence-electron chi connectivity index (χ4n) is 4.16. The Morgan fingerprint density at radius 1 is 1.23 bits per heavy atom. The van der Waals surface area contributed by atoms with Crippen molar-refractivity contribution in [2.75, 3.05) is 31.2 Å². The van der Waals surface area contributed by atoms with Crippen molar-refractivity contribution < 1.29 is 19.1 Å². The Bertz CT molecular complexity index is 715. The van der Waals surface area contributed by atoms with E-state index in [1.165, 1.54) is 0 Å². The zero-order valence-electron chi connectivity index (χ0n) is 14.8. The second-order valence-corrected chi connectivity index (χ2v) is 7.34. The Morgan fingerprint density at radius 3 is 2.69 bits per heavy atom. The molecule has 140 valence electrons. The number of nitrogens with two attached hydrogens (primary N) is 1. The summed E-state index contributed by atoms with van der Waals surface area (Å²) in [5.41, 5.74) is 6.31. The molecule has 26 heavy (non-hydrogen) atoms.